The van der Waals surface area contributed by atoms with Crippen LogP contribution in [0.25, 0.3) is 0 Å². The highest BCUT2D eigenvalue weighted by molar-refractivity contribution is 4.90. The third-order valence-electron chi connectivity index (χ3n) is 1.41. The van der Waals surface area contributed by atoms with Crippen LogP contribution < -0.4 is 5.32 Å². The van der Waals surface area contributed by atoms with Crippen LogP contribution in [0, 0.1) is 0 Å². The van der Waals surface area contributed by atoms with E-state index in [9.17, 15) is 0 Å². The molecule has 2 N–H and O–H groups in total. The van der Waals surface area contributed by atoms with Crippen LogP contribution in [0.3, 0.4) is 0 Å². The molecule has 0 aliphatic rings. The number of rotatable bonds is 3. The average Bonchev–Trinajstić information content (AvgIpc) is 2.38. The third kappa shape index (κ3) is 1.54. The summed E-state index contributed by atoms with van der Waals surface area (Å²) in [6.07, 6.45) is 1.53. The van der Waals surface area contributed by atoms with Gasteiger partial charge in [-0.25, -0.2) is 4.98 Å². The Bertz CT molecular complexity index is 170. The van der Waals surface area contributed by atoms with Crippen molar-refractivity contribution < 1.29 is 0 Å². The van der Waals surface area contributed by atoms with Gasteiger partial charge in [-0.1, -0.05) is 6.92 Å². The molecule has 1 aromatic heterocycles. The third-order valence-corrected chi connectivity index (χ3v) is 1.41. The summed E-state index contributed by atoms with van der Waals surface area (Å²) < 4.78 is 0. The van der Waals surface area contributed by atoms with Gasteiger partial charge in [-0.2, -0.15) is 5.10 Å². The molecule has 1 aromatic rings. The van der Waals surface area contributed by atoms with Crippen molar-refractivity contribution in [1.82, 2.24) is 20.5 Å². The van der Waals surface area contributed by atoms with Crippen molar-refractivity contribution in [3.05, 3.63) is 12.2 Å². The monoisotopic (exact) mass is 140 g/mol. The summed E-state index contributed by atoms with van der Waals surface area (Å²) in [5, 5.41) is 9.65. The predicted molar refractivity (Wildman–Crippen MR) is 38.7 cm³/mol. The van der Waals surface area contributed by atoms with Crippen molar-refractivity contribution in [2.24, 2.45) is 0 Å². The molecule has 0 spiro atoms. The molecule has 0 radical (unpaired) electrons. The van der Waals surface area contributed by atoms with Crippen molar-refractivity contribution in [3.8, 4) is 0 Å². The van der Waals surface area contributed by atoms with Gasteiger partial charge in [0.15, 0.2) is 0 Å². The SMILES string of the molecule is CNCC(C)c1ncn[nH]1. The maximum atomic E-state index is 4.03. The van der Waals surface area contributed by atoms with E-state index in [-0.39, 0.29) is 0 Å². The number of hydrogen-bond donors (Lipinski definition) is 2. The van der Waals surface area contributed by atoms with Crippen molar-refractivity contribution in [1.29, 1.82) is 0 Å². The zero-order valence-electron chi connectivity index (χ0n) is 6.26. The van der Waals surface area contributed by atoms with Crippen LogP contribution in [0.4, 0.5) is 0 Å². The standard InChI is InChI=1S/C6H12N4/c1-5(3-7-2)6-8-4-9-10-6/h4-5,7H,3H2,1-2H3,(H,8,9,10). The number of aromatic amines is 1. The molecule has 10 heavy (non-hydrogen) atoms. The lowest BCUT2D eigenvalue weighted by molar-refractivity contribution is 0.644. The van der Waals surface area contributed by atoms with Crippen LogP contribution in [-0.2, 0) is 0 Å². The minimum Gasteiger partial charge on any atom is -0.319 e. The Labute approximate surface area is 60.1 Å². The number of nitrogens with one attached hydrogen (secondary N) is 2. The van der Waals surface area contributed by atoms with E-state index in [1.54, 1.807) is 0 Å². The van der Waals surface area contributed by atoms with E-state index in [1.807, 2.05) is 7.05 Å². The number of likely N-dealkylation sites (N-methyl/N-ethyl adjacent to an activating group) is 1. The van der Waals surface area contributed by atoms with Gasteiger partial charge in [-0.15, -0.1) is 0 Å². The van der Waals surface area contributed by atoms with Gasteiger partial charge in [0.25, 0.3) is 0 Å². The summed E-state index contributed by atoms with van der Waals surface area (Å²) in [6, 6.07) is 0. The molecule has 1 rings (SSSR count). The Morgan fingerprint density at radius 3 is 3.10 bits per heavy atom. The topological polar surface area (TPSA) is 53.6 Å². The molecule has 4 heteroatoms. The second kappa shape index (κ2) is 3.31. The predicted octanol–water partition coefficient (Wildman–Crippen LogP) is 0.128. The fraction of sp³-hybridized carbons (Fsp3) is 0.667. The first kappa shape index (κ1) is 7.21. The van der Waals surface area contributed by atoms with Crippen molar-refractivity contribution in [2.75, 3.05) is 13.6 Å². The van der Waals surface area contributed by atoms with Crippen LogP contribution in [-0.4, -0.2) is 28.8 Å². The van der Waals surface area contributed by atoms with Gasteiger partial charge in [-0.05, 0) is 7.05 Å². The molecule has 0 saturated heterocycles. The van der Waals surface area contributed by atoms with Gasteiger partial charge < -0.3 is 5.32 Å². The molecule has 0 fully saturated rings. The van der Waals surface area contributed by atoms with Gasteiger partial charge >= 0.3 is 0 Å². The summed E-state index contributed by atoms with van der Waals surface area (Å²) in [5.41, 5.74) is 0. The van der Waals surface area contributed by atoms with E-state index < -0.39 is 0 Å². The highest BCUT2D eigenvalue weighted by Gasteiger charge is 2.05. The van der Waals surface area contributed by atoms with Crippen LogP contribution in [0.15, 0.2) is 6.33 Å². The van der Waals surface area contributed by atoms with E-state index in [2.05, 4.69) is 27.4 Å². The largest absolute Gasteiger partial charge is 0.319 e. The molecule has 0 saturated carbocycles. The number of nitrogens with zero attached hydrogens (tertiary/aromatic N) is 2. The van der Waals surface area contributed by atoms with Gasteiger partial charge in [0.05, 0.1) is 0 Å². The van der Waals surface area contributed by atoms with Crippen molar-refractivity contribution in [3.63, 3.8) is 0 Å². The van der Waals surface area contributed by atoms with Gasteiger partial charge in [0, 0.05) is 12.5 Å². The molecular formula is C6H12N4. The Morgan fingerprint density at radius 2 is 2.60 bits per heavy atom. The summed E-state index contributed by atoms with van der Waals surface area (Å²) in [5.74, 6) is 1.35. The van der Waals surface area contributed by atoms with E-state index in [4.69, 9.17) is 0 Å². The normalized spacial score (nSPS) is 13.4. The number of H-pyrrole nitrogens is 1. The smallest absolute Gasteiger partial charge is 0.137 e. The fourth-order valence-corrected chi connectivity index (χ4v) is 0.855. The summed E-state index contributed by atoms with van der Waals surface area (Å²) in [7, 11) is 1.92. The van der Waals surface area contributed by atoms with Crippen LogP contribution in [0.2, 0.25) is 0 Å². The molecule has 0 amide bonds. The molecule has 0 bridgehead atoms. The van der Waals surface area contributed by atoms with E-state index in [0.717, 1.165) is 12.4 Å². The quantitative estimate of drug-likeness (QED) is 0.627. The van der Waals surface area contributed by atoms with Gasteiger partial charge in [-0.3, -0.25) is 5.10 Å². The van der Waals surface area contributed by atoms with E-state index >= 15 is 0 Å². The maximum Gasteiger partial charge on any atom is 0.137 e. The van der Waals surface area contributed by atoms with Crippen LogP contribution >= 0.6 is 0 Å². The minimum atomic E-state index is 0.410. The molecule has 1 heterocycles. The molecular weight excluding hydrogens is 128 g/mol. The molecule has 56 valence electrons. The highest BCUT2D eigenvalue weighted by atomic mass is 15.2. The lowest BCUT2D eigenvalue weighted by Gasteiger charge is -2.04. The Hall–Kier alpha value is -0.900. The first-order valence-electron chi connectivity index (χ1n) is 3.34. The zero-order chi connectivity index (χ0) is 7.40. The molecule has 0 aliphatic heterocycles. The summed E-state index contributed by atoms with van der Waals surface area (Å²) in [4.78, 5) is 4.03. The van der Waals surface area contributed by atoms with Gasteiger partial charge in [0.1, 0.15) is 12.2 Å². The second-order valence-corrected chi connectivity index (χ2v) is 2.33. The Kier molecular flexibility index (Phi) is 2.39. The summed E-state index contributed by atoms with van der Waals surface area (Å²) in [6.45, 7) is 3.02. The summed E-state index contributed by atoms with van der Waals surface area (Å²) >= 11 is 0. The van der Waals surface area contributed by atoms with Crippen LogP contribution in [0.1, 0.15) is 18.7 Å². The first-order valence-corrected chi connectivity index (χ1v) is 3.34. The zero-order valence-corrected chi connectivity index (χ0v) is 6.26. The number of hydrogen-bond acceptors (Lipinski definition) is 3. The molecule has 0 aliphatic carbocycles. The highest BCUT2D eigenvalue weighted by Crippen LogP contribution is 2.05. The first-order chi connectivity index (χ1) is 4.84. The lowest BCUT2D eigenvalue weighted by Crippen LogP contribution is -2.15. The number of aromatic nitrogens is 3. The van der Waals surface area contributed by atoms with Crippen molar-refractivity contribution in [2.45, 2.75) is 12.8 Å². The fourth-order valence-electron chi connectivity index (χ4n) is 0.855. The molecule has 4 nitrogen and oxygen atoms in total. The second-order valence-electron chi connectivity index (χ2n) is 2.33. The average molecular weight is 140 g/mol. The minimum absolute atomic E-state index is 0.410. The van der Waals surface area contributed by atoms with Crippen LogP contribution in [0.5, 0.6) is 0 Å². The Morgan fingerprint density at radius 1 is 1.80 bits per heavy atom. The van der Waals surface area contributed by atoms with Gasteiger partial charge in [0.2, 0.25) is 0 Å². The molecule has 1 atom stereocenters. The molecule has 1 unspecified atom stereocenters. The van der Waals surface area contributed by atoms with Crippen molar-refractivity contribution >= 4 is 0 Å². The lowest BCUT2D eigenvalue weighted by atomic mass is 10.2. The maximum absolute atomic E-state index is 4.03. The van der Waals surface area contributed by atoms with E-state index in [1.165, 1.54) is 6.33 Å². The van der Waals surface area contributed by atoms with E-state index in [0.29, 0.717) is 5.92 Å². The molecule has 0 aromatic carbocycles. The Balaban J connectivity index is 2.50.